The van der Waals surface area contributed by atoms with Crippen molar-refractivity contribution in [2.75, 3.05) is 13.1 Å². The Hall–Kier alpha value is -2.15. The number of unbranched alkanes of at least 4 members (excludes halogenated alkanes) is 7. The minimum absolute atomic E-state index is 0.0195. The van der Waals surface area contributed by atoms with Crippen molar-refractivity contribution in [3.05, 3.63) is 0 Å². The Kier molecular flexibility index (Phi) is 23.8. The normalized spacial score (nSPS) is 15.3. The zero-order valence-corrected chi connectivity index (χ0v) is 28.7. The Morgan fingerprint density at radius 3 is 1.91 bits per heavy atom. The van der Waals surface area contributed by atoms with Crippen LogP contribution in [0.3, 0.4) is 0 Å². The summed E-state index contributed by atoms with van der Waals surface area (Å²) >= 11 is 0. The van der Waals surface area contributed by atoms with E-state index in [0.717, 1.165) is 25.7 Å². The third kappa shape index (κ3) is 19.2. The first-order valence-electron chi connectivity index (χ1n) is 17.2. The summed E-state index contributed by atoms with van der Waals surface area (Å²) in [5, 5.41) is 25.5. The van der Waals surface area contributed by atoms with Crippen molar-refractivity contribution in [2.45, 2.75) is 155 Å². The predicted octanol–water partition coefficient (Wildman–Crippen LogP) is 3.09. The largest absolute Gasteiger partial charge is 0.450 e. The highest BCUT2D eigenvalue weighted by Gasteiger charge is 2.32. The molecule has 0 aliphatic carbocycles. The monoisotopic (exact) mass is 638 g/mol. The average molecular weight is 639 g/mol. The number of ketones is 3. The maximum absolute atomic E-state index is 13.2. The highest BCUT2D eigenvalue weighted by Crippen LogP contribution is 2.18. The smallest absolute Gasteiger partial charge is 0.289 e. The molecule has 260 valence electrons. The van der Waals surface area contributed by atoms with Gasteiger partial charge in [-0.25, -0.2) is 0 Å². The number of hydrogen-bond donors (Lipinski definition) is 6. The van der Waals surface area contributed by atoms with Crippen molar-refractivity contribution in [2.24, 2.45) is 23.3 Å². The molecule has 2 amide bonds. The molecule has 0 aromatic rings. The second-order valence-corrected chi connectivity index (χ2v) is 12.9. The van der Waals surface area contributed by atoms with Crippen LogP contribution in [0.15, 0.2) is 0 Å². The summed E-state index contributed by atoms with van der Waals surface area (Å²) < 4.78 is 0. The molecule has 0 aromatic carbocycles. The minimum Gasteiger partial charge on any atom is -0.450 e. The van der Waals surface area contributed by atoms with E-state index in [-0.39, 0.29) is 49.6 Å². The molecule has 0 radical (unpaired) electrons. The minimum atomic E-state index is -1.26. The van der Waals surface area contributed by atoms with Crippen molar-refractivity contribution < 1.29 is 34.1 Å². The number of nitrogens with two attached hydrogens (primary N) is 2. The molecule has 0 unspecified atom stereocenters. The van der Waals surface area contributed by atoms with Gasteiger partial charge >= 0.3 is 0 Å². The lowest BCUT2D eigenvalue weighted by atomic mass is 9.58. The van der Waals surface area contributed by atoms with Gasteiger partial charge in [-0.05, 0) is 57.9 Å². The lowest BCUT2D eigenvalue weighted by Gasteiger charge is -2.25. The van der Waals surface area contributed by atoms with Crippen LogP contribution in [-0.4, -0.2) is 77.5 Å². The van der Waals surface area contributed by atoms with Gasteiger partial charge in [-0.1, -0.05) is 66.1 Å². The number of carbonyl (C=O) groups excluding carboxylic acids is 5. The molecule has 0 aliphatic rings. The highest BCUT2D eigenvalue weighted by atomic mass is 16.3. The van der Waals surface area contributed by atoms with Crippen molar-refractivity contribution in [1.29, 1.82) is 0 Å². The maximum atomic E-state index is 13.2. The third-order valence-electron chi connectivity index (χ3n) is 8.50. The molecule has 6 atom stereocenters. The van der Waals surface area contributed by atoms with Crippen molar-refractivity contribution in [1.82, 2.24) is 10.6 Å². The van der Waals surface area contributed by atoms with Gasteiger partial charge in [0, 0.05) is 37.5 Å². The second kappa shape index (κ2) is 25.0. The first kappa shape index (κ1) is 42.9. The van der Waals surface area contributed by atoms with Gasteiger partial charge in [-0.15, -0.1) is 0 Å². The fraction of sp³-hybridized carbons (Fsp3) is 0.848. The Morgan fingerprint density at radius 1 is 0.733 bits per heavy atom. The van der Waals surface area contributed by atoms with E-state index in [2.05, 4.69) is 17.6 Å². The van der Waals surface area contributed by atoms with E-state index in [1.54, 1.807) is 20.7 Å². The van der Waals surface area contributed by atoms with E-state index in [9.17, 15) is 34.1 Å². The quantitative estimate of drug-likeness (QED) is 0.0550. The molecule has 45 heavy (non-hydrogen) atoms. The van der Waals surface area contributed by atoms with Crippen LogP contribution in [0.25, 0.3) is 0 Å². The number of rotatable bonds is 28. The molecule has 0 aromatic heterocycles. The van der Waals surface area contributed by atoms with Gasteiger partial charge in [0.2, 0.25) is 11.8 Å². The van der Waals surface area contributed by atoms with E-state index in [4.69, 9.17) is 11.5 Å². The average Bonchev–Trinajstić information content (AvgIpc) is 2.98. The lowest BCUT2D eigenvalue weighted by Crippen LogP contribution is -2.51. The van der Waals surface area contributed by atoms with Gasteiger partial charge in [0.05, 0.1) is 12.1 Å². The summed E-state index contributed by atoms with van der Waals surface area (Å²) in [4.78, 5) is 65.0. The van der Waals surface area contributed by atoms with Crippen LogP contribution in [0.5, 0.6) is 0 Å². The third-order valence-corrected chi connectivity index (χ3v) is 8.50. The van der Waals surface area contributed by atoms with Crippen LogP contribution in [0.1, 0.15) is 124 Å². The summed E-state index contributed by atoms with van der Waals surface area (Å²) in [6.07, 6.45) is 8.57. The number of hydrogen-bond acceptors (Lipinski definition) is 9. The van der Waals surface area contributed by atoms with Gasteiger partial charge in [0.15, 0.2) is 11.6 Å². The maximum Gasteiger partial charge on any atom is 0.289 e. The van der Waals surface area contributed by atoms with Gasteiger partial charge in [0.1, 0.15) is 11.8 Å². The molecule has 0 saturated carbocycles. The van der Waals surface area contributed by atoms with E-state index in [1.165, 1.54) is 26.2 Å². The zero-order valence-electron chi connectivity index (χ0n) is 28.7. The SMILES string of the molecule is CCCCCCCCCC(=O)C[C@@H](CCN)C(=O)N[C@H](C(=O)C[C@@H](C)C(=O)N[C@@H](CCCCN)C(=O)C[C@@H](C)B(C)O)[C@@H](C)O. The van der Waals surface area contributed by atoms with Crippen LogP contribution in [0.2, 0.25) is 12.6 Å². The fourth-order valence-corrected chi connectivity index (χ4v) is 5.20. The van der Waals surface area contributed by atoms with Crippen LogP contribution in [0.4, 0.5) is 0 Å². The van der Waals surface area contributed by atoms with Crippen molar-refractivity contribution >= 4 is 36.1 Å². The summed E-state index contributed by atoms with van der Waals surface area (Å²) in [5.41, 5.74) is 11.3. The topological polar surface area (TPSA) is 202 Å². The van der Waals surface area contributed by atoms with Gasteiger partial charge in [0.25, 0.3) is 6.92 Å². The molecule has 0 fully saturated rings. The molecule has 12 heteroatoms. The fourth-order valence-electron chi connectivity index (χ4n) is 5.20. The number of aliphatic hydroxyl groups excluding tert-OH is 1. The van der Waals surface area contributed by atoms with Gasteiger partial charge < -0.3 is 32.2 Å². The molecule has 0 saturated heterocycles. The first-order valence-corrected chi connectivity index (χ1v) is 17.2. The Labute approximate surface area is 271 Å². The summed E-state index contributed by atoms with van der Waals surface area (Å²) in [5.74, 6) is -3.61. The van der Waals surface area contributed by atoms with Crippen LogP contribution >= 0.6 is 0 Å². The van der Waals surface area contributed by atoms with E-state index in [0.29, 0.717) is 32.2 Å². The Balaban J connectivity index is 5.21. The molecule has 0 bridgehead atoms. The molecular formula is C33H63BN4O7. The van der Waals surface area contributed by atoms with Crippen molar-refractivity contribution in [3.63, 3.8) is 0 Å². The number of nitrogens with one attached hydrogen (secondary N) is 2. The Bertz CT molecular complexity index is 887. The lowest BCUT2D eigenvalue weighted by molar-refractivity contribution is -0.136. The number of carbonyl (C=O) groups is 5. The standard InChI is InChI=1S/C33H63BN4O7/c1-6-7-8-9-10-11-12-15-27(40)22-26(17-19-36)33(44)38-31(25(4)39)30(42)20-23(2)32(43)37-28(16-13-14-18-35)29(41)21-24(3)34(5)45/h23-26,28,31,39,45H,6-22,35-36H2,1-5H3,(H,37,43)(H,38,44)/t23-,24-,25-,26-,28+,31+/m1/s1. The summed E-state index contributed by atoms with van der Waals surface area (Å²) in [6, 6.07) is -2.04. The van der Waals surface area contributed by atoms with E-state index < -0.39 is 54.5 Å². The van der Waals surface area contributed by atoms with Crippen LogP contribution < -0.4 is 22.1 Å². The number of Topliss-reactive ketones (excluding diaryl/α,β-unsaturated/α-hetero) is 3. The molecular weight excluding hydrogens is 575 g/mol. The molecule has 0 rings (SSSR count). The molecule has 0 spiro atoms. The molecule has 0 heterocycles. The summed E-state index contributed by atoms with van der Waals surface area (Å²) in [6.45, 7) is 8.44. The second-order valence-electron chi connectivity index (χ2n) is 12.9. The number of aliphatic hydroxyl groups is 1. The van der Waals surface area contributed by atoms with Crippen LogP contribution in [-0.2, 0) is 24.0 Å². The highest BCUT2D eigenvalue weighted by molar-refractivity contribution is 6.50. The molecule has 0 aliphatic heterocycles. The molecule has 8 N–H and O–H groups in total. The van der Waals surface area contributed by atoms with Crippen molar-refractivity contribution in [3.8, 4) is 0 Å². The Morgan fingerprint density at radius 2 is 1.36 bits per heavy atom. The number of amides is 2. The first-order chi connectivity index (χ1) is 21.3. The van der Waals surface area contributed by atoms with Gasteiger partial charge in [-0.3, -0.25) is 24.0 Å². The zero-order chi connectivity index (χ0) is 34.4. The summed E-state index contributed by atoms with van der Waals surface area (Å²) in [7, 11) is 0. The van der Waals surface area contributed by atoms with Crippen LogP contribution in [0, 0.1) is 11.8 Å². The predicted molar refractivity (Wildman–Crippen MR) is 180 cm³/mol. The molecule has 11 nitrogen and oxygen atoms in total. The van der Waals surface area contributed by atoms with E-state index >= 15 is 0 Å². The van der Waals surface area contributed by atoms with E-state index in [1.807, 2.05) is 0 Å². The van der Waals surface area contributed by atoms with Gasteiger partial charge in [-0.2, -0.15) is 0 Å².